The molecular formula is C16H22ClNO3. The number of halogens is 1. The second kappa shape index (κ2) is 8.60. The summed E-state index contributed by atoms with van der Waals surface area (Å²) in [7, 11) is 5.74. The van der Waals surface area contributed by atoms with E-state index in [0.717, 1.165) is 23.7 Å². The largest absolute Gasteiger partial charge is 0.497 e. The van der Waals surface area contributed by atoms with E-state index in [2.05, 4.69) is 4.90 Å². The van der Waals surface area contributed by atoms with Gasteiger partial charge in [-0.2, -0.15) is 0 Å². The lowest BCUT2D eigenvalue weighted by Gasteiger charge is -2.22. The number of furan rings is 1. The molecule has 0 radical (unpaired) electrons. The third-order valence-corrected chi connectivity index (χ3v) is 3.21. The number of rotatable bonds is 7. The molecule has 1 heterocycles. The molecule has 2 rings (SSSR count). The van der Waals surface area contributed by atoms with Crippen LogP contribution in [0.1, 0.15) is 18.2 Å². The molecule has 0 bridgehead atoms. The number of benzene rings is 1. The molecule has 0 spiro atoms. The summed E-state index contributed by atoms with van der Waals surface area (Å²) in [4.78, 5) is 2.14. The molecule has 0 amide bonds. The first kappa shape index (κ1) is 17.4. The average molecular weight is 312 g/mol. The van der Waals surface area contributed by atoms with Gasteiger partial charge in [0.25, 0.3) is 0 Å². The van der Waals surface area contributed by atoms with E-state index >= 15 is 0 Å². The first-order valence-corrected chi connectivity index (χ1v) is 6.67. The van der Waals surface area contributed by atoms with Gasteiger partial charge in [-0.25, -0.2) is 0 Å². The van der Waals surface area contributed by atoms with Gasteiger partial charge in [-0.3, -0.25) is 4.90 Å². The minimum Gasteiger partial charge on any atom is -0.497 e. The van der Waals surface area contributed by atoms with Crippen molar-refractivity contribution in [3.8, 4) is 11.5 Å². The lowest BCUT2D eigenvalue weighted by Crippen LogP contribution is -2.21. The molecule has 116 valence electrons. The van der Waals surface area contributed by atoms with Gasteiger partial charge in [-0.15, -0.1) is 12.4 Å². The quantitative estimate of drug-likeness (QED) is 0.779. The first-order chi connectivity index (χ1) is 9.70. The monoisotopic (exact) mass is 311 g/mol. The highest BCUT2D eigenvalue weighted by Crippen LogP contribution is 2.23. The Labute approximate surface area is 132 Å². The number of hydrogen-bond acceptors (Lipinski definition) is 4. The smallest absolute Gasteiger partial charge is 0.121 e. The van der Waals surface area contributed by atoms with Crippen LogP contribution in [0.5, 0.6) is 11.5 Å². The summed E-state index contributed by atoms with van der Waals surface area (Å²) in [5.41, 5.74) is 0. The minimum absolute atomic E-state index is 0. The maximum absolute atomic E-state index is 5.76. The van der Waals surface area contributed by atoms with E-state index in [1.54, 1.807) is 13.4 Å². The Morgan fingerprint density at radius 3 is 2.29 bits per heavy atom. The van der Waals surface area contributed by atoms with E-state index < -0.39 is 0 Å². The zero-order chi connectivity index (χ0) is 14.4. The standard InChI is InChI=1S/C16H21NO3.ClH/c1-17(2)15(16-5-4-11-20-16)10-12-19-14-8-6-13(18-3)7-9-14;/h4-9,11,15H,10,12H2,1-3H3;1H. The highest BCUT2D eigenvalue weighted by atomic mass is 35.5. The van der Waals surface area contributed by atoms with Gasteiger partial charge in [0.2, 0.25) is 0 Å². The third-order valence-electron chi connectivity index (χ3n) is 3.21. The van der Waals surface area contributed by atoms with Crippen LogP contribution in [0.4, 0.5) is 0 Å². The second-order valence-electron chi connectivity index (χ2n) is 4.81. The Morgan fingerprint density at radius 2 is 1.76 bits per heavy atom. The van der Waals surface area contributed by atoms with Gasteiger partial charge in [0.1, 0.15) is 17.3 Å². The van der Waals surface area contributed by atoms with Crippen molar-refractivity contribution >= 4 is 12.4 Å². The fourth-order valence-corrected chi connectivity index (χ4v) is 2.10. The summed E-state index contributed by atoms with van der Waals surface area (Å²) in [5, 5.41) is 0. The van der Waals surface area contributed by atoms with Crippen molar-refractivity contribution < 1.29 is 13.9 Å². The van der Waals surface area contributed by atoms with Crippen LogP contribution in [0.25, 0.3) is 0 Å². The zero-order valence-corrected chi connectivity index (χ0v) is 13.4. The van der Waals surface area contributed by atoms with Gasteiger partial charge in [-0.05, 0) is 50.5 Å². The molecule has 21 heavy (non-hydrogen) atoms. The molecule has 1 atom stereocenters. The van der Waals surface area contributed by atoms with Gasteiger partial charge < -0.3 is 13.9 Å². The number of nitrogens with zero attached hydrogens (tertiary/aromatic N) is 1. The Morgan fingerprint density at radius 1 is 1.10 bits per heavy atom. The predicted molar refractivity (Wildman–Crippen MR) is 85.5 cm³/mol. The summed E-state index contributed by atoms with van der Waals surface area (Å²) in [5.74, 6) is 2.65. The van der Waals surface area contributed by atoms with Gasteiger partial charge in [0, 0.05) is 6.42 Å². The third kappa shape index (κ3) is 4.99. The van der Waals surface area contributed by atoms with Crippen LogP contribution in [0.15, 0.2) is 47.1 Å². The lowest BCUT2D eigenvalue weighted by molar-refractivity contribution is 0.201. The summed E-state index contributed by atoms with van der Waals surface area (Å²) in [6, 6.07) is 11.8. The van der Waals surface area contributed by atoms with Crippen LogP contribution < -0.4 is 9.47 Å². The van der Waals surface area contributed by atoms with Crippen molar-refractivity contribution in [3.63, 3.8) is 0 Å². The second-order valence-corrected chi connectivity index (χ2v) is 4.81. The van der Waals surface area contributed by atoms with Gasteiger partial charge in [-0.1, -0.05) is 0 Å². The van der Waals surface area contributed by atoms with Crippen molar-refractivity contribution in [2.24, 2.45) is 0 Å². The molecule has 1 unspecified atom stereocenters. The van der Waals surface area contributed by atoms with E-state index in [9.17, 15) is 0 Å². The topological polar surface area (TPSA) is 34.8 Å². The molecule has 2 aromatic rings. The summed E-state index contributed by atoms with van der Waals surface area (Å²) in [6.07, 6.45) is 2.57. The zero-order valence-electron chi connectivity index (χ0n) is 12.6. The molecule has 0 N–H and O–H groups in total. The Hall–Kier alpha value is -1.65. The SMILES string of the molecule is COc1ccc(OCCC(c2ccco2)N(C)C)cc1.Cl. The van der Waals surface area contributed by atoms with E-state index in [4.69, 9.17) is 13.9 Å². The highest BCUT2D eigenvalue weighted by molar-refractivity contribution is 5.85. The molecule has 0 saturated heterocycles. The number of ether oxygens (including phenoxy) is 2. The highest BCUT2D eigenvalue weighted by Gasteiger charge is 2.16. The maximum Gasteiger partial charge on any atom is 0.121 e. The van der Waals surface area contributed by atoms with Gasteiger partial charge in [0.15, 0.2) is 0 Å². The van der Waals surface area contributed by atoms with E-state index in [0.29, 0.717) is 6.61 Å². The van der Waals surface area contributed by atoms with E-state index in [1.807, 2.05) is 50.5 Å². The minimum atomic E-state index is 0. The molecule has 0 fully saturated rings. The van der Waals surface area contributed by atoms with E-state index in [1.165, 1.54) is 0 Å². The van der Waals surface area contributed by atoms with Crippen molar-refractivity contribution in [2.45, 2.75) is 12.5 Å². The molecule has 5 heteroatoms. The van der Waals surface area contributed by atoms with Crippen molar-refractivity contribution in [2.75, 3.05) is 27.8 Å². The number of hydrogen-bond donors (Lipinski definition) is 0. The van der Waals surface area contributed by atoms with E-state index in [-0.39, 0.29) is 18.4 Å². The Balaban J connectivity index is 0.00000220. The fraction of sp³-hybridized carbons (Fsp3) is 0.375. The predicted octanol–water partition coefficient (Wildman–Crippen LogP) is 3.78. The van der Waals surface area contributed by atoms with Crippen LogP contribution >= 0.6 is 12.4 Å². The van der Waals surface area contributed by atoms with Gasteiger partial charge >= 0.3 is 0 Å². The molecule has 0 saturated carbocycles. The lowest BCUT2D eigenvalue weighted by atomic mass is 10.1. The first-order valence-electron chi connectivity index (χ1n) is 6.67. The van der Waals surface area contributed by atoms with Crippen molar-refractivity contribution in [3.05, 3.63) is 48.4 Å². The maximum atomic E-state index is 5.76. The van der Waals surface area contributed by atoms with Gasteiger partial charge in [0.05, 0.1) is 26.0 Å². The Kier molecular flexibility index (Phi) is 7.12. The fourth-order valence-electron chi connectivity index (χ4n) is 2.10. The average Bonchev–Trinajstić information content (AvgIpc) is 2.97. The summed E-state index contributed by atoms with van der Waals surface area (Å²) in [6.45, 7) is 0.635. The normalized spacial score (nSPS) is 11.8. The molecular weight excluding hydrogens is 290 g/mol. The van der Waals surface area contributed by atoms with Crippen LogP contribution in [0, 0.1) is 0 Å². The van der Waals surface area contributed by atoms with Crippen LogP contribution in [0.3, 0.4) is 0 Å². The number of methoxy groups -OCH3 is 1. The van der Waals surface area contributed by atoms with Crippen molar-refractivity contribution in [1.82, 2.24) is 4.90 Å². The molecule has 0 aliphatic carbocycles. The Bertz CT molecular complexity index is 497. The van der Waals surface area contributed by atoms with Crippen molar-refractivity contribution in [1.29, 1.82) is 0 Å². The van der Waals surface area contributed by atoms with Crippen LogP contribution in [0.2, 0.25) is 0 Å². The summed E-state index contributed by atoms with van der Waals surface area (Å²) >= 11 is 0. The summed E-state index contributed by atoms with van der Waals surface area (Å²) < 4.78 is 16.4. The molecule has 0 aliphatic heterocycles. The van der Waals surface area contributed by atoms with Crippen LogP contribution in [-0.4, -0.2) is 32.7 Å². The molecule has 1 aromatic carbocycles. The molecule has 4 nitrogen and oxygen atoms in total. The molecule has 1 aromatic heterocycles. The van der Waals surface area contributed by atoms with Crippen LogP contribution in [-0.2, 0) is 0 Å². The molecule has 0 aliphatic rings.